The van der Waals surface area contributed by atoms with Crippen molar-refractivity contribution in [2.75, 3.05) is 13.2 Å². The summed E-state index contributed by atoms with van der Waals surface area (Å²) in [6, 6.07) is 0. The van der Waals surface area contributed by atoms with Gasteiger partial charge in [0.25, 0.3) is 0 Å². The number of ether oxygens (including phenoxy) is 1. The Morgan fingerprint density at radius 1 is 1.46 bits per heavy atom. The van der Waals surface area contributed by atoms with E-state index in [0.717, 1.165) is 0 Å². The lowest BCUT2D eigenvalue weighted by atomic mass is 10.3. The number of aliphatic hydroxyl groups excluding tert-OH is 1. The van der Waals surface area contributed by atoms with Gasteiger partial charge in [-0.25, -0.2) is 4.79 Å². The molecule has 0 aliphatic rings. The van der Waals surface area contributed by atoms with E-state index in [4.69, 9.17) is 5.11 Å². The second-order valence-corrected chi connectivity index (χ2v) is 2.19. The van der Waals surface area contributed by atoms with E-state index in [1.807, 2.05) is 0 Å². The molecule has 0 saturated carbocycles. The molecule has 0 aromatic carbocycles. The molecule has 0 aromatic heterocycles. The van der Waals surface area contributed by atoms with E-state index in [1.165, 1.54) is 0 Å². The molecule has 6 heteroatoms. The molecule has 0 fully saturated rings. The molecule has 13 heavy (non-hydrogen) atoms. The van der Waals surface area contributed by atoms with E-state index in [-0.39, 0.29) is 19.6 Å². The van der Waals surface area contributed by atoms with Crippen molar-refractivity contribution >= 4 is 5.97 Å². The largest absolute Gasteiger partial charge is 0.462 e. The number of carbonyl (C=O) groups excluding carboxylic acids is 1. The highest BCUT2D eigenvalue weighted by atomic mass is 19.4. The average Bonchev–Trinajstić information content (AvgIpc) is 2.01. The summed E-state index contributed by atoms with van der Waals surface area (Å²) in [5, 5.41) is 8.24. The van der Waals surface area contributed by atoms with Gasteiger partial charge in [-0.2, -0.15) is 13.2 Å². The van der Waals surface area contributed by atoms with Crippen molar-refractivity contribution < 1.29 is 27.8 Å². The maximum Gasteiger partial charge on any atom is 0.422 e. The zero-order valence-corrected chi connectivity index (χ0v) is 6.73. The number of hydrogen-bond acceptors (Lipinski definition) is 3. The molecular formula is C7H9F3O3. The monoisotopic (exact) mass is 198 g/mol. The Balaban J connectivity index is 3.92. The third kappa shape index (κ3) is 4.51. The molecule has 0 aromatic rings. The van der Waals surface area contributed by atoms with E-state index in [1.54, 1.807) is 0 Å². The van der Waals surface area contributed by atoms with Gasteiger partial charge < -0.3 is 9.84 Å². The fourth-order valence-corrected chi connectivity index (χ4v) is 0.432. The predicted octanol–water partition coefficient (Wildman–Crippen LogP) is 1.03. The molecule has 0 heterocycles. The predicted molar refractivity (Wildman–Crippen MR) is 37.9 cm³/mol. The highest BCUT2D eigenvalue weighted by Gasteiger charge is 2.37. The number of hydrogen-bond donors (Lipinski definition) is 1. The summed E-state index contributed by atoms with van der Waals surface area (Å²) in [5.74, 6) is -1.50. The van der Waals surface area contributed by atoms with Crippen LogP contribution in [-0.2, 0) is 9.53 Å². The molecular weight excluding hydrogens is 189 g/mol. The molecule has 1 N–H and O–H groups in total. The minimum absolute atomic E-state index is 0.108. The number of aliphatic hydroxyl groups is 1. The van der Waals surface area contributed by atoms with Crippen LogP contribution in [0.4, 0.5) is 13.2 Å². The standard InChI is InChI=1S/C7H9F3O3/c1-5(7(8,9)10)6(12)13-4-2-3-11/h11H,1-4H2. The van der Waals surface area contributed by atoms with Crippen molar-refractivity contribution in [3.63, 3.8) is 0 Å². The molecule has 3 nitrogen and oxygen atoms in total. The van der Waals surface area contributed by atoms with E-state index in [2.05, 4.69) is 11.3 Å². The van der Waals surface area contributed by atoms with Crippen LogP contribution in [0.3, 0.4) is 0 Å². The van der Waals surface area contributed by atoms with Crippen molar-refractivity contribution in [3.8, 4) is 0 Å². The van der Waals surface area contributed by atoms with Gasteiger partial charge in [0.2, 0.25) is 0 Å². The van der Waals surface area contributed by atoms with Crippen molar-refractivity contribution in [1.29, 1.82) is 0 Å². The van der Waals surface area contributed by atoms with Crippen molar-refractivity contribution in [3.05, 3.63) is 12.2 Å². The second kappa shape index (κ2) is 4.86. The molecule has 0 atom stereocenters. The maximum absolute atomic E-state index is 11.8. The first-order valence-electron chi connectivity index (χ1n) is 3.43. The third-order valence-electron chi connectivity index (χ3n) is 1.12. The second-order valence-electron chi connectivity index (χ2n) is 2.19. The minimum atomic E-state index is -4.75. The van der Waals surface area contributed by atoms with Gasteiger partial charge >= 0.3 is 12.1 Å². The van der Waals surface area contributed by atoms with Crippen LogP contribution in [0.15, 0.2) is 12.2 Å². The van der Waals surface area contributed by atoms with E-state index in [9.17, 15) is 18.0 Å². The molecule has 0 aliphatic heterocycles. The summed E-state index contributed by atoms with van der Waals surface area (Å²) in [4.78, 5) is 10.5. The SMILES string of the molecule is C=C(C(=O)OCCCO)C(F)(F)F. The topological polar surface area (TPSA) is 46.5 Å². The highest BCUT2D eigenvalue weighted by Crippen LogP contribution is 2.24. The molecule has 0 spiro atoms. The quantitative estimate of drug-likeness (QED) is 0.417. The van der Waals surface area contributed by atoms with Gasteiger partial charge in [-0.1, -0.05) is 6.58 Å². The van der Waals surface area contributed by atoms with Crippen LogP contribution in [0.5, 0.6) is 0 Å². The minimum Gasteiger partial charge on any atom is -0.462 e. The van der Waals surface area contributed by atoms with E-state index in [0.29, 0.717) is 0 Å². The van der Waals surface area contributed by atoms with Crippen LogP contribution in [0.1, 0.15) is 6.42 Å². The summed E-state index contributed by atoms with van der Waals surface area (Å²) in [5.41, 5.74) is -1.54. The van der Waals surface area contributed by atoms with Gasteiger partial charge in [-0.05, 0) is 0 Å². The first-order valence-corrected chi connectivity index (χ1v) is 3.43. The van der Waals surface area contributed by atoms with Gasteiger partial charge in [0.15, 0.2) is 0 Å². The van der Waals surface area contributed by atoms with Crippen molar-refractivity contribution in [1.82, 2.24) is 0 Å². The zero-order chi connectivity index (χ0) is 10.5. The van der Waals surface area contributed by atoms with Gasteiger partial charge in [0, 0.05) is 13.0 Å². The Kier molecular flexibility index (Phi) is 4.47. The lowest BCUT2D eigenvalue weighted by Gasteiger charge is -2.08. The Morgan fingerprint density at radius 2 is 2.00 bits per heavy atom. The van der Waals surface area contributed by atoms with Crippen LogP contribution >= 0.6 is 0 Å². The summed E-state index contributed by atoms with van der Waals surface area (Å²) < 4.78 is 39.4. The average molecular weight is 198 g/mol. The van der Waals surface area contributed by atoms with E-state index < -0.39 is 17.7 Å². The van der Waals surface area contributed by atoms with Gasteiger partial charge in [0.05, 0.1) is 6.61 Å². The van der Waals surface area contributed by atoms with Gasteiger partial charge in [-0.3, -0.25) is 0 Å². The molecule has 0 amide bonds. The lowest BCUT2D eigenvalue weighted by molar-refractivity contribution is -0.150. The normalized spacial score (nSPS) is 11.1. The molecule has 0 aliphatic carbocycles. The zero-order valence-electron chi connectivity index (χ0n) is 6.73. The van der Waals surface area contributed by atoms with Crippen LogP contribution < -0.4 is 0 Å². The summed E-state index contributed by atoms with van der Waals surface area (Å²) in [6.07, 6.45) is -4.65. The molecule has 0 unspecified atom stereocenters. The Labute approximate surface area is 72.8 Å². The van der Waals surface area contributed by atoms with E-state index >= 15 is 0 Å². The van der Waals surface area contributed by atoms with Crippen molar-refractivity contribution in [2.45, 2.75) is 12.6 Å². The third-order valence-corrected chi connectivity index (χ3v) is 1.12. The lowest BCUT2D eigenvalue weighted by Crippen LogP contribution is -2.21. The Morgan fingerprint density at radius 3 is 2.38 bits per heavy atom. The van der Waals surface area contributed by atoms with Gasteiger partial charge in [-0.15, -0.1) is 0 Å². The fraction of sp³-hybridized carbons (Fsp3) is 0.571. The first-order chi connectivity index (χ1) is 5.89. The van der Waals surface area contributed by atoms with Crippen molar-refractivity contribution in [2.24, 2.45) is 0 Å². The molecule has 0 rings (SSSR count). The van der Waals surface area contributed by atoms with Crippen LogP contribution in [0.25, 0.3) is 0 Å². The van der Waals surface area contributed by atoms with Crippen LogP contribution in [0, 0.1) is 0 Å². The number of alkyl halides is 3. The van der Waals surface area contributed by atoms with Gasteiger partial charge in [0.1, 0.15) is 5.57 Å². The Hall–Kier alpha value is -1.04. The number of esters is 1. The molecule has 0 saturated heterocycles. The number of rotatable bonds is 4. The maximum atomic E-state index is 11.8. The molecule has 0 radical (unpaired) electrons. The highest BCUT2D eigenvalue weighted by molar-refractivity contribution is 5.89. The fourth-order valence-electron chi connectivity index (χ4n) is 0.432. The number of carbonyl (C=O) groups is 1. The van der Waals surface area contributed by atoms with Crippen LogP contribution in [0.2, 0.25) is 0 Å². The molecule has 76 valence electrons. The first kappa shape index (κ1) is 12.0. The number of halogens is 3. The summed E-state index contributed by atoms with van der Waals surface area (Å²) in [6.45, 7) is 2.05. The summed E-state index contributed by atoms with van der Waals surface area (Å²) >= 11 is 0. The summed E-state index contributed by atoms with van der Waals surface area (Å²) in [7, 11) is 0. The van der Waals surface area contributed by atoms with Crippen LogP contribution in [-0.4, -0.2) is 30.5 Å². The smallest absolute Gasteiger partial charge is 0.422 e. The Bertz CT molecular complexity index is 198. The molecule has 0 bridgehead atoms.